The molecular weight excluding hydrogens is 446 g/mol. The lowest BCUT2D eigenvalue weighted by Gasteiger charge is -2.32. The van der Waals surface area contributed by atoms with E-state index in [0.29, 0.717) is 23.5 Å². The van der Waals surface area contributed by atoms with Crippen LogP contribution in [0.5, 0.6) is 5.75 Å². The minimum absolute atomic E-state index is 0.0127. The fraction of sp³-hybridized carbons (Fsp3) is 0.391. The highest BCUT2D eigenvalue weighted by Crippen LogP contribution is 2.26. The first-order valence-electron chi connectivity index (χ1n) is 10.7. The maximum Gasteiger partial charge on any atom is 0.279 e. The van der Waals surface area contributed by atoms with Gasteiger partial charge in [0.1, 0.15) is 5.75 Å². The minimum Gasteiger partial charge on any atom is -0.494 e. The van der Waals surface area contributed by atoms with Gasteiger partial charge in [-0.25, -0.2) is 8.42 Å². The Labute approximate surface area is 192 Å². The molecule has 1 aliphatic heterocycles. The van der Waals surface area contributed by atoms with E-state index in [1.165, 1.54) is 35.6 Å². The Hall–Kier alpha value is -2.49. The van der Waals surface area contributed by atoms with E-state index in [9.17, 15) is 13.2 Å². The van der Waals surface area contributed by atoms with E-state index < -0.39 is 15.9 Å². The summed E-state index contributed by atoms with van der Waals surface area (Å²) in [6, 6.07) is 11.8. The van der Waals surface area contributed by atoms with Crippen LogP contribution >= 0.6 is 11.3 Å². The second-order valence-corrected chi connectivity index (χ2v) is 10.8. The number of aryl methyl sites for hydroxylation is 1. The van der Waals surface area contributed by atoms with Crippen LogP contribution < -0.4 is 9.54 Å². The first-order chi connectivity index (χ1) is 15.3. The maximum atomic E-state index is 13.0. The highest BCUT2D eigenvalue weighted by Gasteiger charge is 2.30. The number of benzene rings is 2. The molecule has 1 amide bonds. The van der Waals surface area contributed by atoms with Crippen LogP contribution in [-0.2, 0) is 17.1 Å². The van der Waals surface area contributed by atoms with E-state index in [0.717, 1.165) is 35.2 Å². The lowest BCUT2D eigenvalue weighted by atomic mass is 10.1. The molecule has 1 saturated heterocycles. The smallest absolute Gasteiger partial charge is 0.279 e. The number of carbonyl (C=O) groups excluding carboxylic acids is 1. The fourth-order valence-electron chi connectivity index (χ4n) is 3.96. The molecule has 0 spiro atoms. The van der Waals surface area contributed by atoms with Gasteiger partial charge >= 0.3 is 0 Å². The predicted octanol–water partition coefficient (Wildman–Crippen LogP) is 3.94. The van der Waals surface area contributed by atoms with Crippen molar-refractivity contribution < 1.29 is 17.9 Å². The number of amides is 1. The van der Waals surface area contributed by atoms with Crippen molar-refractivity contribution in [3.63, 3.8) is 0 Å². The summed E-state index contributed by atoms with van der Waals surface area (Å²) in [6.45, 7) is 4.99. The number of rotatable bonds is 5. The molecule has 2 heterocycles. The van der Waals surface area contributed by atoms with Gasteiger partial charge < -0.3 is 9.30 Å². The monoisotopic (exact) mass is 473 g/mol. The molecule has 0 bridgehead atoms. The molecule has 1 fully saturated rings. The summed E-state index contributed by atoms with van der Waals surface area (Å²) in [4.78, 5) is 17.8. The summed E-state index contributed by atoms with van der Waals surface area (Å²) in [5.41, 5.74) is 1.31. The molecule has 3 aromatic rings. The Bertz CT molecular complexity index is 1310. The lowest BCUT2D eigenvalue weighted by molar-refractivity contribution is 0.0998. The molecular formula is C23H27N3O4S2. The zero-order valence-electron chi connectivity index (χ0n) is 18.4. The van der Waals surface area contributed by atoms with Crippen molar-refractivity contribution in [1.82, 2.24) is 8.87 Å². The molecule has 2 aromatic carbocycles. The van der Waals surface area contributed by atoms with Gasteiger partial charge in [-0.05, 0) is 69.2 Å². The maximum absolute atomic E-state index is 13.0. The van der Waals surface area contributed by atoms with Gasteiger partial charge in [0, 0.05) is 25.2 Å². The first-order valence-corrected chi connectivity index (χ1v) is 13.0. The fourth-order valence-corrected chi connectivity index (χ4v) is 6.71. The summed E-state index contributed by atoms with van der Waals surface area (Å²) in [5.74, 6) is 0.368. The molecule has 1 aromatic heterocycles. The van der Waals surface area contributed by atoms with E-state index in [2.05, 4.69) is 4.99 Å². The van der Waals surface area contributed by atoms with Gasteiger partial charge in [0.25, 0.3) is 5.91 Å². The van der Waals surface area contributed by atoms with E-state index in [1.807, 2.05) is 43.7 Å². The lowest BCUT2D eigenvalue weighted by Crippen LogP contribution is -2.41. The van der Waals surface area contributed by atoms with Crippen molar-refractivity contribution in [1.29, 1.82) is 0 Å². The molecule has 0 radical (unpaired) electrons. The summed E-state index contributed by atoms with van der Waals surface area (Å²) < 4.78 is 35.9. The van der Waals surface area contributed by atoms with E-state index in [-0.39, 0.29) is 10.9 Å². The van der Waals surface area contributed by atoms with Gasteiger partial charge in [0.2, 0.25) is 10.0 Å². The summed E-state index contributed by atoms with van der Waals surface area (Å²) in [5, 5.41) is 0. The molecule has 4 rings (SSSR count). The standard InChI is InChI=1S/C23H27N3O4S2/c1-4-30-18-10-13-20-21(15-18)31-23(25(20)3)24-22(27)17-8-11-19(12-9-17)32(28,29)26-14-6-5-7-16(26)2/h8-13,15-16H,4-7,14H2,1-3H3/t16-/m1/s1. The van der Waals surface area contributed by atoms with Crippen molar-refractivity contribution in [2.45, 2.75) is 44.0 Å². The van der Waals surface area contributed by atoms with Crippen LogP contribution in [0.1, 0.15) is 43.5 Å². The minimum atomic E-state index is -3.57. The third-order valence-electron chi connectivity index (χ3n) is 5.74. The van der Waals surface area contributed by atoms with Gasteiger partial charge in [0.15, 0.2) is 4.80 Å². The number of hydrogen-bond donors (Lipinski definition) is 0. The summed E-state index contributed by atoms with van der Waals surface area (Å²) >= 11 is 1.41. The summed E-state index contributed by atoms with van der Waals surface area (Å²) in [6.07, 6.45) is 2.79. The van der Waals surface area contributed by atoms with Crippen molar-refractivity contribution in [3.05, 3.63) is 52.8 Å². The second-order valence-electron chi connectivity index (χ2n) is 7.91. The van der Waals surface area contributed by atoms with E-state index in [1.54, 1.807) is 4.31 Å². The number of aromatic nitrogens is 1. The number of carbonyl (C=O) groups is 1. The van der Waals surface area contributed by atoms with E-state index in [4.69, 9.17) is 4.74 Å². The Balaban J connectivity index is 1.60. The van der Waals surface area contributed by atoms with Crippen molar-refractivity contribution >= 4 is 37.5 Å². The molecule has 32 heavy (non-hydrogen) atoms. The average molecular weight is 474 g/mol. The Morgan fingerprint density at radius 2 is 1.94 bits per heavy atom. The molecule has 170 valence electrons. The molecule has 9 heteroatoms. The molecule has 1 atom stereocenters. The number of hydrogen-bond acceptors (Lipinski definition) is 5. The number of nitrogens with zero attached hydrogens (tertiary/aromatic N) is 3. The SMILES string of the molecule is CCOc1ccc2c(c1)sc(=NC(=O)c1ccc(S(=O)(=O)N3CCCC[C@H]3C)cc1)n2C. The van der Waals surface area contributed by atoms with Gasteiger partial charge in [-0.1, -0.05) is 17.8 Å². The van der Waals surface area contributed by atoms with Gasteiger partial charge in [0.05, 0.1) is 21.7 Å². The number of fused-ring (bicyclic) bond motifs is 1. The van der Waals surface area contributed by atoms with E-state index >= 15 is 0 Å². The molecule has 0 N–H and O–H groups in total. The van der Waals surface area contributed by atoms with Gasteiger partial charge in [-0.15, -0.1) is 0 Å². The van der Waals surface area contributed by atoms with Crippen molar-refractivity contribution in [2.75, 3.05) is 13.2 Å². The van der Waals surface area contributed by atoms with Crippen molar-refractivity contribution in [2.24, 2.45) is 12.0 Å². The zero-order chi connectivity index (χ0) is 22.9. The third-order valence-corrected chi connectivity index (χ3v) is 8.86. The van der Waals surface area contributed by atoms with Crippen LogP contribution in [0.2, 0.25) is 0 Å². The highest BCUT2D eigenvalue weighted by atomic mass is 32.2. The molecule has 7 nitrogen and oxygen atoms in total. The van der Waals surface area contributed by atoms with Crippen LogP contribution in [0.15, 0.2) is 52.4 Å². The predicted molar refractivity (Wildman–Crippen MR) is 126 cm³/mol. The van der Waals surface area contributed by atoms with Gasteiger partial charge in [-0.3, -0.25) is 4.79 Å². The number of sulfonamides is 1. The number of piperidine rings is 1. The Morgan fingerprint density at radius 3 is 2.62 bits per heavy atom. The van der Waals surface area contributed by atoms with Crippen molar-refractivity contribution in [3.8, 4) is 5.75 Å². The zero-order valence-corrected chi connectivity index (χ0v) is 20.1. The topological polar surface area (TPSA) is 81.0 Å². The average Bonchev–Trinajstić information content (AvgIpc) is 3.08. The largest absolute Gasteiger partial charge is 0.494 e. The second kappa shape index (κ2) is 9.17. The molecule has 0 unspecified atom stereocenters. The molecule has 1 aliphatic rings. The Kier molecular flexibility index (Phi) is 6.50. The summed E-state index contributed by atoms with van der Waals surface area (Å²) in [7, 11) is -1.71. The van der Waals surface area contributed by atoms with Crippen LogP contribution in [-0.4, -0.2) is 42.4 Å². The highest BCUT2D eigenvalue weighted by molar-refractivity contribution is 7.89. The van der Waals surface area contributed by atoms with Crippen LogP contribution in [0.3, 0.4) is 0 Å². The molecule has 0 aliphatic carbocycles. The van der Waals surface area contributed by atoms with Crippen LogP contribution in [0.25, 0.3) is 10.2 Å². The number of ether oxygens (including phenoxy) is 1. The molecule has 0 saturated carbocycles. The quantitative estimate of drug-likeness (QED) is 0.562. The normalized spacial score (nSPS) is 18.2. The first kappa shape index (κ1) is 22.7. The van der Waals surface area contributed by atoms with Crippen LogP contribution in [0.4, 0.5) is 0 Å². The van der Waals surface area contributed by atoms with Gasteiger partial charge in [-0.2, -0.15) is 9.30 Å². The Morgan fingerprint density at radius 1 is 1.19 bits per heavy atom. The number of thiazole rings is 1. The van der Waals surface area contributed by atoms with Crippen LogP contribution in [0, 0.1) is 0 Å². The third kappa shape index (κ3) is 4.37.